The Morgan fingerprint density at radius 3 is 2.87 bits per heavy atom. The minimum Gasteiger partial charge on any atom is -0.382 e. The lowest BCUT2D eigenvalue weighted by atomic mass is 9.89. The first-order valence-electron chi connectivity index (χ1n) is 9.63. The van der Waals surface area contributed by atoms with Crippen LogP contribution in [0.2, 0.25) is 0 Å². The van der Waals surface area contributed by atoms with Gasteiger partial charge in [-0.3, -0.25) is 0 Å². The van der Waals surface area contributed by atoms with Crippen molar-refractivity contribution in [2.24, 2.45) is 5.92 Å². The van der Waals surface area contributed by atoms with Crippen molar-refractivity contribution in [3.63, 3.8) is 0 Å². The van der Waals surface area contributed by atoms with Crippen LogP contribution >= 0.6 is 0 Å². The van der Waals surface area contributed by atoms with Crippen molar-refractivity contribution >= 4 is 0 Å². The molecule has 0 N–H and O–H groups in total. The van der Waals surface area contributed by atoms with Crippen molar-refractivity contribution in [1.29, 1.82) is 0 Å². The second-order valence-corrected chi connectivity index (χ2v) is 6.95. The molecule has 2 unspecified atom stereocenters. The third-order valence-corrected chi connectivity index (χ3v) is 5.16. The van der Waals surface area contributed by atoms with E-state index in [1.165, 1.54) is 37.7 Å². The summed E-state index contributed by atoms with van der Waals surface area (Å²) in [5.74, 6) is 0.809. The van der Waals surface area contributed by atoms with Gasteiger partial charge in [-0.05, 0) is 57.8 Å². The minimum atomic E-state index is 0.539. The Kier molecular flexibility index (Phi) is 7.94. The molecular formula is C21H35NO. The number of likely N-dealkylation sites (N-methyl/N-ethyl adjacent to an activating group) is 1. The van der Waals surface area contributed by atoms with E-state index in [4.69, 9.17) is 4.74 Å². The monoisotopic (exact) mass is 317 g/mol. The maximum absolute atomic E-state index is 5.43. The van der Waals surface area contributed by atoms with Crippen LogP contribution in [0.1, 0.15) is 65.2 Å². The fourth-order valence-electron chi connectivity index (χ4n) is 3.74. The van der Waals surface area contributed by atoms with Crippen LogP contribution in [0.3, 0.4) is 0 Å². The van der Waals surface area contributed by atoms with Gasteiger partial charge >= 0.3 is 0 Å². The first kappa shape index (κ1) is 18.3. The average molecular weight is 318 g/mol. The van der Waals surface area contributed by atoms with E-state index in [9.17, 15) is 0 Å². The topological polar surface area (TPSA) is 12.5 Å². The van der Waals surface area contributed by atoms with Crippen molar-refractivity contribution in [2.45, 2.75) is 71.3 Å². The molecule has 130 valence electrons. The third kappa shape index (κ3) is 5.84. The highest BCUT2D eigenvalue weighted by molar-refractivity contribution is 5.26. The molecule has 0 aromatic rings. The number of ether oxygens (including phenoxy) is 1. The van der Waals surface area contributed by atoms with E-state index in [1.54, 1.807) is 5.70 Å². The lowest BCUT2D eigenvalue weighted by Gasteiger charge is -2.34. The van der Waals surface area contributed by atoms with Crippen molar-refractivity contribution < 1.29 is 4.74 Å². The smallest absolute Gasteiger partial charge is 0.0504 e. The Balaban J connectivity index is 1.82. The van der Waals surface area contributed by atoms with Gasteiger partial charge in [-0.1, -0.05) is 43.2 Å². The molecule has 2 aliphatic carbocycles. The predicted octanol–water partition coefficient (Wildman–Crippen LogP) is 5.47. The standard InChI is InChI=1S/C21H35NO/c1-4-8-19-9-6-11-21(17-19)22(3)20-14-12-18(13-15-20)10-7-16-23-5-2/h12-14,17,19-20H,4-11,15-16H2,1-3H3. The largest absolute Gasteiger partial charge is 0.382 e. The van der Waals surface area contributed by atoms with E-state index in [1.807, 2.05) is 0 Å². The van der Waals surface area contributed by atoms with Gasteiger partial charge < -0.3 is 9.64 Å². The van der Waals surface area contributed by atoms with Gasteiger partial charge in [0.25, 0.3) is 0 Å². The van der Waals surface area contributed by atoms with Gasteiger partial charge in [-0.25, -0.2) is 0 Å². The molecule has 2 rings (SSSR count). The van der Waals surface area contributed by atoms with Crippen molar-refractivity contribution in [2.75, 3.05) is 20.3 Å². The second kappa shape index (κ2) is 9.97. The van der Waals surface area contributed by atoms with Crippen molar-refractivity contribution in [3.05, 3.63) is 35.6 Å². The Bertz CT molecular complexity index is 435. The predicted molar refractivity (Wildman–Crippen MR) is 99.5 cm³/mol. The third-order valence-electron chi connectivity index (χ3n) is 5.16. The fraction of sp³-hybridized carbons (Fsp3) is 0.714. The van der Waals surface area contributed by atoms with Crippen LogP contribution in [0.15, 0.2) is 35.6 Å². The molecular weight excluding hydrogens is 282 g/mol. The van der Waals surface area contributed by atoms with Gasteiger partial charge in [0.2, 0.25) is 0 Å². The summed E-state index contributed by atoms with van der Waals surface area (Å²) in [5.41, 5.74) is 3.05. The van der Waals surface area contributed by atoms with E-state index < -0.39 is 0 Å². The van der Waals surface area contributed by atoms with Crippen molar-refractivity contribution in [3.8, 4) is 0 Å². The Morgan fingerprint density at radius 2 is 2.17 bits per heavy atom. The van der Waals surface area contributed by atoms with Crippen LogP contribution in [0.4, 0.5) is 0 Å². The highest BCUT2D eigenvalue weighted by Crippen LogP contribution is 2.30. The summed E-state index contributed by atoms with van der Waals surface area (Å²) in [7, 11) is 2.28. The Labute approximate surface area is 143 Å². The molecule has 2 heteroatoms. The molecule has 0 radical (unpaired) electrons. The summed E-state index contributed by atoms with van der Waals surface area (Å²) in [6.45, 7) is 6.07. The number of hydrogen-bond acceptors (Lipinski definition) is 2. The summed E-state index contributed by atoms with van der Waals surface area (Å²) in [6.07, 6.45) is 19.8. The first-order chi connectivity index (χ1) is 11.2. The number of hydrogen-bond donors (Lipinski definition) is 0. The highest BCUT2D eigenvalue weighted by Gasteiger charge is 2.20. The van der Waals surface area contributed by atoms with Gasteiger partial charge in [-0.15, -0.1) is 0 Å². The SMILES string of the molecule is CCCC1C=C(N(C)C2C=CC(CCCOCC)=CC2)CCC1. The van der Waals surface area contributed by atoms with Crippen LogP contribution in [-0.4, -0.2) is 31.2 Å². The molecule has 23 heavy (non-hydrogen) atoms. The molecule has 0 amide bonds. The zero-order valence-corrected chi connectivity index (χ0v) is 15.4. The molecule has 0 heterocycles. The summed E-state index contributed by atoms with van der Waals surface area (Å²) >= 11 is 0. The molecule has 2 atom stereocenters. The van der Waals surface area contributed by atoms with Crippen molar-refractivity contribution in [1.82, 2.24) is 4.90 Å². The van der Waals surface area contributed by atoms with Gasteiger partial charge in [-0.2, -0.15) is 0 Å². The summed E-state index contributed by atoms with van der Waals surface area (Å²) < 4.78 is 5.43. The number of rotatable bonds is 9. The average Bonchev–Trinajstić information content (AvgIpc) is 2.59. The second-order valence-electron chi connectivity index (χ2n) is 6.95. The molecule has 0 spiro atoms. The summed E-state index contributed by atoms with van der Waals surface area (Å²) in [4.78, 5) is 2.52. The quantitative estimate of drug-likeness (QED) is 0.523. The summed E-state index contributed by atoms with van der Waals surface area (Å²) in [6, 6.07) is 0.539. The van der Waals surface area contributed by atoms with Crippen LogP contribution in [-0.2, 0) is 4.74 Å². The fourth-order valence-corrected chi connectivity index (χ4v) is 3.74. The maximum atomic E-state index is 5.43. The van der Waals surface area contributed by atoms with Gasteiger partial charge in [0, 0.05) is 26.0 Å². The van der Waals surface area contributed by atoms with E-state index in [2.05, 4.69) is 50.1 Å². The van der Waals surface area contributed by atoms with Crippen LogP contribution in [0, 0.1) is 5.92 Å². The Morgan fingerprint density at radius 1 is 1.30 bits per heavy atom. The van der Waals surface area contributed by atoms with Crippen LogP contribution in [0.5, 0.6) is 0 Å². The van der Waals surface area contributed by atoms with Gasteiger partial charge in [0.05, 0.1) is 6.04 Å². The Hall–Kier alpha value is -1.02. The maximum Gasteiger partial charge on any atom is 0.0504 e. The molecule has 0 saturated heterocycles. The molecule has 2 aliphatic rings. The molecule has 0 bridgehead atoms. The molecule has 0 aliphatic heterocycles. The highest BCUT2D eigenvalue weighted by atomic mass is 16.5. The lowest BCUT2D eigenvalue weighted by molar-refractivity contribution is 0.145. The van der Waals surface area contributed by atoms with E-state index in [0.717, 1.165) is 38.4 Å². The summed E-state index contributed by atoms with van der Waals surface area (Å²) in [5, 5.41) is 0. The normalized spacial score (nSPS) is 24.3. The molecule has 0 aromatic carbocycles. The van der Waals surface area contributed by atoms with Gasteiger partial charge in [0.15, 0.2) is 0 Å². The molecule has 2 nitrogen and oxygen atoms in total. The zero-order chi connectivity index (χ0) is 16.5. The van der Waals surface area contributed by atoms with Crippen LogP contribution < -0.4 is 0 Å². The van der Waals surface area contributed by atoms with E-state index in [0.29, 0.717) is 6.04 Å². The minimum absolute atomic E-state index is 0.539. The first-order valence-corrected chi connectivity index (χ1v) is 9.63. The van der Waals surface area contributed by atoms with E-state index >= 15 is 0 Å². The number of nitrogens with zero attached hydrogens (tertiary/aromatic N) is 1. The van der Waals surface area contributed by atoms with Gasteiger partial charge in [0.1, 0.15) is 0 Å². The lowest BCUT2D eigenvalue weighted by Crippen LogP contribution is -2.31. The molecule has 0 aromatic heterocycles. The van der Waals surface area contributed by atoms with Crippen LogP contribution in [0.25, 0.3) is 0 Å². The molecule has 0 fully saturated rings. The zero-order valence-electron chi connectivity index (χ0n) is 15.4. The number of allylic oxidation sites excluding steroid dienone is 4. The molecule has 0 saturated carbocycles. The van der Waals surface area contributed by atoms with E-state index in [-0.39, 0.29) is 0 Å².